The molecule has 0 fully saturated rings. The van der Waals surface area contributed by atoms with Crippen molar-refractivity contribution in [3.05, 3.63) is 93.8 Å². The molecule has 0 spiro atoms. The molecule has 0 saturated carbocycles. The third kappa shape index (κ3) is 2.47. The van der Waals surface area contributed by atoms with E-state index in [9.17, 15) is 18.0 Å². The first kappa shape index (κ1) is 16.1. The minimum Gasteiger partial charge on any atom is -0.246 e. The molecule has 1 N–H and O–H groups in total. The summed E-state index contributed by atoms with van der Waals surface area (Å²) < 4.78 is 26.9. The first-order chi connectivity index (χ1) is 12.5. The molecule has 0 aliphatic heterocycles. The molecule has 130 valence electrons. The van der Waals surface area contributed by atoms with Crippen molar-refractivity contribution in [2.75, 3.05) is 0 Å². The van der Waals surface area contributed by atoms with Crippen molar-refractivity contribution < 1.29 is 8.42 Å². The van der Waals surface area contributed by atoms with E-state index in [0.717, 1.165) is 9.95 Å². The number of para-hydroxylation sites is 1. The van der Waals surface area contributed by atoms with Crippen LogP contribution >= 0.6 is 0 Å². The summed E-state index contributed by atoms with van der Waals surface area (Å²) in [6, 6.07) is 19.9. The van der Waals surface area contributed by atoms with Gasteiger partial charge in [0.05, 0.1) is 10.6 Å². The van der Waals surface area contributed by atoms with Gasteiger partial charge in [-0.25, -0.2) is 19.3 Å². The molecule has 7 nitrogen and oxygen atoms in total. The molecule has 1 heterocycles. The molecule has 0 bridgehead atoms. The van der Waals surface area contributed by atoms with Crippen molar-refractivity contribution in [3.8, 4) is 5.69 Å². The van der Waals surface area contributed by atoms with E-state index in [1.165, 1.54) is 12.1 Å². The maximum absolute atomic E-state index is 12.9. The molecule has 0 unspecified atom stereocenters. The minimum absolute atomic E-state index is 0.0836. The lowest BCUT2D eigenvalue weighted by Gasteiger charge is -2.05. The maximum Gasteiger partial charge on any atom is 0.366 e. The number of aromatic nitrogens is 3. The number of hydrogen-bond acceptors (Lipinski definition) is 4. The minimum atomic E-state index is -4.24. The Morgan fingerprint density at radius 2 is 1.42 bits per heavy atom. The van der Waals surface area contributed by atoms with Gasteiger partial charge in [0.25, 0.3) is 10.0 Å². The lowest BCUT2D eigenvalue weighted by molar-refractivity contribution is 0.577. The molecular formula is C18H13N3O4S. The van der Waals surface area contributed by atoms with E-state index in [1.54, 1.807) is 48.5 Å². The molecule has 0 saturated heterocycles. The highest BCUT2D eigenvalue weighted by molar-refractivity contribution is 7.89. The van der Waals surface area contributed by atoms with E-state index in [4.69, 9.17) is 0 Å². The first-order valence-corrected chi connectivity index (χ1v) is 9.16. The summed E-state index contributed by atoms with van der Waals surface area (Å²) in [5.41, 5.74) is -1.52. The maximum atomic E-state index is 12.9. The molecule has 4 aromatic rings. The van der Waals surface area contributed by atoms with E-state index in [-0.39, 0.29) is 10.6 Å². The van der Waals surface area contributed by atoms with Crippen molar-refractivity contribution in [1.82, 2.24) is 13.8 Å². The van der Waals surface area contributed by atoms with E-state index in [1.807, 2.05) is 12.1 Å². The molecule has 0 aliphatic carbocycles. The number of aromatic amines is 1. The zero-order valence-corrected chi connectivity index (χ0v) is 14.2. The van der Waals surface area contributed by atoms with Crippen LogP contribution in [0.25, 0.3) is 16.5 Å². The molecule has 8 heteroatoms. The smallest absolute Gasteiger partial charge is 0.246 e. The average molecular weight is 367 g/mol. The van der Waals surface area contributed by atoms with Crippen LogP contribution in [0.15, 0.2) is 87.3 Å². The number of fused-ring (bicyclic) bond motifs is 1. The van der Waals surface area contributed by atoms with Crippen LogP contribution in [0.2, 0.25) is 0 Å². The summed E-state index contributed by atoms with van der Waals surface area (Å²) in [7, 11) is -4.24. The monoisotopic (exact) mass is 367 g/mol. The lowest BCUT2D eigenvalue weighted by atomic mass is 10.1. The predicted molar refractivity (Wildman–Crippen MR) is 97.2 cm³/mol. The lowest BCUT2D eigenvalue weighted by Crippen LogP contribution is -2.30. The standard InChI is InChI=1S/C18H13N3O4S/c22-17-19-21(18(23)20(17)15-8-2-1-3-9-15)26(24,25)16-11-10-13-6-4-5-7-14(13)12-16/h1-12H,(H,19,22). The van der Waals surface area contributed by atoms with Crippen LogP contribution in [0.1, 0.15) is 0 Å². The van der Waals surface area contributed by atoms with Crippen molar-refractivity contribution >= 4 is 20.8 Å². The van der Waals surface area contributed by atoms with Gasteiger partial charge in [0.1, 0.15) is 0 Å². The first-order valence-electron chi connectivity index (χ1n) is 7.72. The molecule has 26 heavy (non-hydrogen) atoms. The number of H-pyrrole nitrogens is 1. The summed E-state index contributed by atoms with van der Waals surface area (Å²) >= 11 is 0. The van der Waals surface area contributed by atoms with Crippen molar-refractivity contribution in [2.24, 2.45) is 0 Å². The Hall–Kier alpha value is -3.39. The number of nitrogens with one attached hydrogen (secondary N) is 1. The number of rotatable bonds is 3. The number of benzene rings is 3. The van der Waals surface area contributed by atoms with E-state index in [0.29, 0.717) is 9.47 Å². The Balaban J connectivity index is 1.91. The Morgan fingerprint density at radius 3 is 2.15 bits per heavy atom. The van der Waals surface area contributed by atoms with Gasteiger partial charge in [0, 0.05) is 0 Å². The van der Waals surface area contributed by atoms with E-state index >= 15 is 0 Å². The largest absolute Gasteiger partial charge is 0.366 e. The highest BCUT2D eigenvalue weighted by atomic mass is 32.2. The highest BCUT2D eigenvalue weighted by Crippen LogP contribution is 2.19. The van der Waals surface area contributed by atoms with Gasteiger partial charge in [-0.05, 0) is 35.0 Å². The van der Waals surface area contributed by atoms with Crippen LogP contribution < -0.4 is 11.4 Å². The molecule has 0 aliphatic rings. The number of nitrogens with zero attached hydrogens (tertiary/aromatic N) is 2. The quantitative estimate of drug-likeness (QED) is 0.596. The zero-order chi connectivity index (χ0) is 18.3. The Labute approximate surface area is 147 Å². The second-order valence-electron chi connectivity index (χ2n) is 5.65. The summed E-state index contributed by atoms with van der Waals surface area (Å²) in [5, 5.41) is 3.71. The Morgan fingerprint density at radius 1 is 0.769 bits per heavy atom. The summed E-state index contributed by atoms with van der Waals surface area (Å²) in [6.07, 6.45) is 0. The van der Waals surface area contributed by atoms with Gasteiger partial charge >= 0.3 is 11.4 Å². The van der Waals surface area contributed by atoms with Crippen LogP contribution in [-0.4, -0.2) is 22.2 Å². The fourth-order valence-corrected chi connectivity index (χ4v) is 3.98. The van der Waals surface area contributed by atoms with Gasteiger partial charge in [0.2, 0.25) is 0 Å². The highest BCUT2D eigenvalue weighted by Gasteiger charge is 2.24. The van der Waals surface area contributed by atoms with Gasteiger partial charge < -0.3 is 0 Å². The molecule has 0 atom stereocenters. The van der Waals surface area contributed by atoms with Gasteiger partial charge in [0.15, 0.2) is 0 Å². The van der Waals surface area contributed by atoms with Gasteiger partial charge in [-0.2, -0.15) is 8.42 Å². The predicted octanol–water partition coefficient (Wildman–Crippen LogP) is 1.72. The average Bonchev–Trinajstić information content (AvgIpc) is 2.97. The molecule has 1 aromatic heterocycles. The van der Waals surface area contributed by atoms with Crippen molar-refractivity contribution in [1.29, 1.82) is 0 Å². The second-order valence-corrected chi connectivity index (χ2v) is 7.44. The Bertz CT molecular complexity index is 1330. The normalized spacial score (nSPS) is 11.7. The van der Waals surface area contributed by atoms with E-state index < -0.39 is 21.4 Å². The van der Waals surface area contributed by atoms with Crippen LogP contribution in [0, 0.1) is 0 Å². The molecule has 4 rings (SSSR count). The zero-order valence-electron chi connectivity index (χ0n) is 13.4. The second kappa shape index (κ2) is 5.85. The topological polar surface area (TPSA) is 93.9 Å². The van der Waals surface area contributed by atoms with Crippen molar-refractivity contribution in [2.45, 2.75) is 4.90 Å². The summed E-state index contributed by atoms with van der Waals surface area (Å²) in [6.45, 7) is 0. The third-order valence-corrected chi connectivity index (χ3v) is 5.62. The van der Waals surface area contributed by atoms with Gasteiger partial charge in [-0.3, -0.25) is 0 Å². The van der Waals surface area contributed by atoms with E-state index in [2.05, 4.69) is 5.10 Å². The SMILES string of the molecule is O=c1[nH]n(S(=O)(=O)c2ccc3ccccc3c2)c(=O)n1-c1ccccc1. The molecule has 3 aromatic carbocycles. The summed E-state index contributed by atoms with van der Waals surface area (Å²) in [4.78, 5) is 24.7. The van der Waals surface area contributed by atoms with Crippen LogP contribution in [0.3, 0.4) is 0 Å². The van der Waals surface area contributed by atoms with Gasteiger partial charge in [-0.15, -0.1) is 4.09 Å². The molecule has 0 amide bonds. The fourth-order valence-electron chi connectivity index (χ4n) is 2.76. The van der Waals surface area contributed by atoms with Gasteiger partial charge in [-0.1, -0.05) is 48.5 Å². The van der Waals surface area contributed by atoms with Crippen molar-refractivity contribution in [3.63, 3.8) is 0 Å². The Kier molecular flexibility index (Phi) is 3.62. The molecule has 0 radical (unpaired) electrons. The third-order valence-electron chi connectivity index (χ3n) is 4.04. The fraction of sp³-hybridized carbons (Fsp3) is 0. The summed E-state index contributed by atoms with van der Waals surface area (Å²) in [5.74, 6) is 0. The van der Waals surface area contributed by atoms with Crippen LogP contribution in [-0.2, 0) is 10.0 Å². The van der Waals surface area contributed by atoms with Crippen LogP contribution in [0.4, 0.5) is 0 Å². The molecular weight excluding hydrogens is 354 g/mol. The van der Waals surface area contributed by atoms with Crippen LogP contribution in [0.5, 0.6) is 0 Å². The number of hydrogen-bond donors (Lipinski definition) is 1.